The van der Waals surface area contributed by atoms with Crippen molar-refractivity contribution in [3.05, 3.63) is 76.9 Å². The summed E-state index contributed by atoms with van der Waals surface area (Å²) in [6.07, 6.45) is 1.27. The Hall–Kier alpha value is -3.98. The number of carbonyl (C=O) groups excluding carboxylic acids is 1. The number of piperidine rings is 1. The lowest BCUT2D eigenvalue weighted by Gasteiger charge is -2.41. The number of halogens is 1. The van der Waals surface area contributed by atoms with Crippen molar-refractivity contribution in [3.63, 3.8) is 0 Å². The highest BCUT2D eigenvalue weighted by Crippen LogP contribution is 2.45. The van der Waals surface area contributed by atoms with Crippen molar-refractivity contribution in [2.45, 2.75) is 86.0 Å². The number of carbonyl (C=O) groups is 2. The number of aliphatic carboxylic acids is 1. The van der Waals surface area contributed by atoms with Gasteiger partial charge in [0.05, 0.1) is 30.1 Å². The number of nitrogens with zero attached hydrogens (tertiary/aromatic N) is 3. The predicted octanol–water partition coefficient (Wildman–Crippen LogP) is 7.36. The highest BCUT2D eigenvalue weighted by atomic mass is 19.1. The van der Waals surface area contributed by atoms with E-state index < -0.39 is 17.7 Å². The molecule has 0 aliphatic carbocycles. The third-order valence-electron chi connectivity index (χ3n) is 8.50. The Morgan fingerprint density at radius 3 is 2.22 bits per heavy atom. The number of carboxylic acid groups (broad SMARTS) is 1. The number of hydrogen-bond acceptors (Lipinski definition) is 6. The highest BCUT2D eigenvalue weighted by Gasteiger charge is 2.37. The summed E-state index contributed by atoms with van der Waals surface area (Å²) >= 11 is 0. The number of aryl methyl sites for hydroxylation is 1. The molecule has 1 aliphatic rings. The first kappa shape index (κ1) is 34.9. The van der Waals surface area contributed by atoms with Crippen molar-refractivity contribution in [1.82, 2.24) is 9.88 Å². The van der Waals surface area contributed by atoms with Crippen LogP contribution in [0.2, 0.25) is 0 Å². The van der Waals surface area contributed by atoms with Crippen LogP contribution in [0.4, 0.5) is 10.1 Å². The Labute approximate surface area is 272 Å². The molecule has 1 aliphatic heterocycles. The number of pyridine rings is 1. The van der Waals surface area contributed by atoms with E-state index in [1.165, 1.54) is 19.1 Å². The number of carboxylic acids is 1. The maximum absolute atomic E-state index is 13.3. The second-order valence-corrected chi connectivity index (χ2v) is 14.0. The zero-order chi connectivity index (χ0) is 33.8. The molecule has 0 bridgehead atoms. The molecule has 1 fully saturated rings. The smallest absolute Gasteiger partial charge is 0.337 e. The van der Waals surface area contributed by atoms with Gasteiger partial charge in [-0.1, -0.05) is 38.1 Å². The van der Waals surface area contributed by atoms with Crippen LogP contribution < -0.4 is 9.64 Å². The first-order chi connectivity index (χ1) is 21.5. The lowest BCUT2D eigenvalue weighted by molar-refractivity contribution is -0.160. The van der Waals surface area contributed by atoms with Crippen LogP contribution in [-0.2, 0) is 27.3 Å². The molecule has 46 heavy (non-hydrogen) atoms. The molecule has 0 spiro atoms. The molecule has 1 amide bonds. The second kappa shape index (κ2) is 14.2. The van der Waals surface area contributed by atoms with Crippen molar-refractivity contribution in [3.8, 4) is 16.9 Å². The van der Waals surface area contributed by atoms with Gasteiger partial charge in [0, 0.05) is 50.3 Å². The quantitative estimate of drug-likeness (QED) is 0.236. The van der Waals surface area contributed by atoms with Crippen LogP contribution in [0.25, 0.3) is 11.1 Å². The van der Waals surface area contributed by atoms with Gasteiger partial charge >= 0.3 is 5.97 Å². The van der Waals surface area contributed by atoms with Gasteiger partial charge in [0.25, 0.3) is 0 Å². The Morgan fingerprint density at radius 2 is 1.67 bits per heavy atom. The summed E-state index contributed by atoms with van der Waals surface area (Å²) in [5.41, 5.74) is 4.62. The second-order valence-electron chi connectivity index (χ2n) is 14.0. The van der Waals surface area contributed by atoms with Crippen LogP contribution in [0.1, 0.15) is 83.0 Å². The van der Waals surface area contributed by atoms with Gasteiger partial charge in [0.1, 0.15) is 11.6 Å². The van der Waals surface area contributed by atoms with E-state index in [1.807, 2.05) is 52.0 Å². The number of ether oxygens (including phenoxy) is 2. The molecule has 248 valence electrons. The normalized spacial score (nSPS) is 15.4. The number of rotatable bonds is 11. The van der Waals surface area contributed by atoms with E-state index in [4.69, 9.17) is 14.5 Å². The number of hydrogen-bond donors (Lipinski definition) is 1. The largest absolute Gasteiger partial charge is 0.493 e. The predicted molar refractivity (Wildman–Crippen MR) is 179 cm³/mol. The van der Waals surface area contributed by atoms with E-state index in [-0.39, 0.29) is 23.7 Å². The molecule has 1 saturated heterocycles. The molecule has 9 heteroatoms. The standard InChI is InChI=1S/C37H48FN3O5/c1-24-31(34(35(43)44)46-36(3,4)5)33(41-20-18-37(6,7)19-21-41)32(30(39-24)23-40(8)25(2)42)27-11-15-29(16-12-27)45-22-17-26-9-13-28(38)14-10-26/h9-16,34H,17-23H2,1-8H3,(H,43,44). The summed E-state index contributed by atoms with van der Waals surface area (Å²) in [6, 6.07) is 14.1. The highest BCUT2D eigenvalue weighted by molar-refractivity contribution is 5.88. The third kappa shape index (κ3) is 8.84. The zero-order valence-electron chi connectivity index (χ0n) is 28.4. The fraction of sp³-hybridized carbons (Fsp3) is 0.486. The van der Waals surface area contributed by atoms with Crippen LogP contribution in [0, 0.1) is 18.2 Å². The minimum absolute atomic E-state index is 0.0971. The van der Waals surface area contributed by atoms with Gasteiger partial charge in [-0.15, -0.1) is 0 Å². The lowest BCUT2D eigenvalue weighted by atomic mass is 9.81. The minimum Gasteiger partial charge on any atom is -0.493 e. The van der Waals surface area contributed by atoms with Crippen molar-refractivity contribution in [2.75, 3.05) is 31.6 Å². The number of amides is 1. The van der Waals surface area contributed by atoms with Gasteiger partial charge in [0.2, 0.25) is 5.91 Å². The van der Waals surface area contributed by atoms with Crippen LogP contribution in [0.5, 0.6) is 5.75 Å². The lowest BCUT2D eigenvalue weighted by Crippen LogP contribution is -2.39. The topological polar surface area (TPSA) is 92.2 Å². The van der Waals surface area contributed by atoms with Crippen LogP contribution in [-0.4, -0.2) is 59.2 Å². The fourth-order valence-electron chi connectivity index (χ4n) is 5.73. The van der Waals surface area contributed by atoms with E-state index in [1.54, 1.807) is 24.1 Å². The summed E-state index contributed by atoms with van der Waals surface area (Å²) in [4.78, 5) is 34.1. The molecule has 2 heterocycles. The summed E-state index contributed by atoms with van der Waals surface area (Å²) in [5, 5.41) is 10.5. The van der Waals surface area contributed by atoms with Gasteiger partial charge in [-0.25, -0.2) is 9.18 Å². The molecular formula is C37H48FN3O5. The summed E-state index contributed by atoms with van der Waals surface area (Å²) in [7, 11) is 1.74. The number of benzene rings is 2. The Bertz CT molecular complexity index is 1520. The van der Waals surface area contributed by atoms with E-state index in [0.29, 0.717) is 35.7 Å². The van der Waals surface area contributed by atoms with E-state index in [2.05, 4.69) is 18.7 Å². The summed E-state index contributed by atoms with van der Waals surface area (Å²) in [6.45, 7) is 15.6. The van der Waals surface area contributed by atoms with Crippen molar-refractivity contribution in [1.29, 1.82) is 0 Å². The SMILES string of the molecule is CC(=O)N(C)Cc1nc(C)c(C(OC(C)(C)C)C(=O)O)c(N2CCC(C)(C)CC2)c1-c1ccc(OCCc2ccc(F)cc2)cc1. The first-order valence-electron chi connectivity index (χ1n) is 15.9. The van der Waals surface area contributed by atoms with Crippen molar-refractivity contribution >= 4 is 17.6 Å². The maximum atomic E-state index is 13.3. The summed E-state index contributed by atoms with van der Waals surface area (Å²) < 4.78 is 25.5. The Kier molecular flexibility index (Phi) is 10.8. The van der Waals surface area contributed by atoms with Gasteiger partial charge in [-0.2, -0.15) is 0 Å². The van der Waals surface area contributed by atoms with E-state index in [0.717, 1.165) is 48.3 Å². The zero-order valence-corrected chi connectivity index (χ0v) is 28.4. The molecule has 2 aromatic carbocycles. The van der Waals surface area contributed by atoms with Crippen molar-refractivity contribution in [2.24, 2.45) is 5.41 Å². The maximum Gasteiger partial charge on any atom is 0.337 e. The van der Waals surface area contributed by atoms with Crippen LogP contribution >= 0.6 is 0 Å². The molecule has 1 atom stereocenters. The number of aromatic nitrogens is 1. The first-order valence-corrected chi connectivity index (χ1v) is 15.9. The average molecular weight is 634 g/mol. The molecule has 1 N–H and O–H groups in total. The number of anilines is 1. The summed E-state index contributed by atoms with van der Waals surface area (Å²) in [5.74, 6) is -0.771. The van der Waals surface area contributed by atoms with Gasteiger partial charge in [-0.05, 0) is 81.3 Å². The Balaban J connectivity index is 1.83. The molecule has 3 aromatic rings. The molecule has 4 rings (SSSR count). The van der Waals surface area contributed by atoms with Gasteiger partial charge in [-0.3, -0.25) is 9.78 Å². The molecule has 0 radical (unpaired) electrons. The van der Waals surface area contributed by atoms with E-state index >= 15 is 0 Å². The van der Waals surface area contributed by atoms with Crippen LogP contribution in [0.15, 0.2) is 48.5 Å². The van der Waals surface area contributed by atoms with Gasteiger partial charge in [0.15, 0.2) is 6.10 Å². The van der Waals surface area contributed by atoms with Crippen LogP contribution in [0.3, 0.4) is 0 Å². The molecular weight excluding hydrogens is 585 g/mol. The molecule has 8 nitrogen and oxygen atoms in total. The monoisotopic (exact) mass is 633 g/mol. The van der Waals surface area contributed by atoms with Crippen molar-refractivity contribution < 1.29 is 28.6 Å². The molecule has 0 saturated carbocycles. The van der Waals surface area contributed by atoms with E-state index in [9.17, 15) is 19.1 Å². The average Bonchev–Trinajstić information content (AvgIpc) is 2.97. The molecule has 1 unspecified atom stereocenters. The minimum atomic E-state index is -1.25. The van der Waals surface area contributed by atoms with Gasteiger partial charge < -0.3 is 24.4 Å². The molecule has 1 aromatic heterocycles. The third-order valence-corrected chi connectivity index (χ3v) is 8.50. The Morgan fingerprint density at radius 1 is 1.07 bits per heavy atom. The fourth-order valence-corrected chi connectivity index (χ4v) is 5.73.